The normalized spacial score (nSPS) is 13.8. The first-order valence-electron chi connectivity index (χ1n) is 8.97. The van der Waals surface area contributed by atoms with Gasteiger partial charge in [0.25, 0.3) is 5.91 Å². The molecule has 1 atom stereocenters. The molecule has 3 aromatic rings. The van der Waals surface area contributed by atoms with Crippen LogP contribution in [0.4, 0.5) is 0 Å². The maximum Gasteiger partial charge on any atom is 0.251 e. The van der Waals surface area contributed by atoms with Crippen LogP contribution in [0.1, 0.15) is 26.9 Å². The van der Waals surface area contributed by atoms with Crippen LogP contribution < -0.4 is 14.8 Å². The van der Waals surface area contributed by atoms with Crippen molar-refractivity contribution in [3.05, 3.63) is 77.7 Å². The monoisotopic (exact) mass is 413 g/mol. The van der Waals surface area contributed by atoms with E-state index in [9.17, 15) is 13.2 Å². The Morgan fingerprint density at radius 2 is 1.86 bits per heavy atom. The molecule has 8 heteroatoms. The lowest BCUT2D eigenvalue weighted by Crippen LogP contribution is -2.32. The van der Waals surface area contributed by atoms with Crippen LogP contribution in [0.15, 0.2) is 70.2 Å². The van der Waals surface area contributed by atoms with Gasteiger partial charge in [0.1, 0.15) is 11.0 Å². The van der Waals surface area contributed by atoms with Crippen LogP contribution >= 0.6 is 0 Å². The van der Waals surface area contributed by atoms with Gasteiger partial charge in [-0.2, -0.15) is 0 Å². The fraction of sp³-hybridized carbons (Fsp3) is 0.190. The highest BCUT2D eigenvalue weighted by atomic mass is 32.2. The Morgan fingerprint density at radius 3 is 2.62 bits per heavy atom. The molecule has 1 aliphatic rings. The van der Waals surface area contributed by atoms with E-state index in [4.69, 9.17) is 13.9 Å². The predicted octanol–water partition coefficient (Wildman–Crippen LogP) is 3.26. The molecule has 0 saturated heterocycles. The van der Waals surface area contributed by atoms with Crippen molar-refractivity contribution < 1.29 is 27.1 Å². The van der Waals surface area contributed by atoms with Gasteiger partial charge in [0, 0.05) is 18.2 Å². The third-order valence-electron chi connectivity index (χ3n) is 4.75. The number of carbonyl (C=O) groups excluding carboxylic acids is 1. The predicted molar refractivity (Wildman–Crippen MR) is 105 cm³/mol. The van der Waals surface area contributed by atoms with Gasteiger partial charge < -0.3 is 19.2 Å². The van der Waals surface area contributed by atoms with Crippen molar-refractivity contribution in [2.45, 2.75) is 17.1 Å². The third kappa shape index (κ3) is 3.71. The van der Waals surface area contributed by atoms with Gasteiger partial charge in [0.05, 0.1) is 11.2 Å². The Labute approximate surface area is 168 Å². The standard InChI is InChI=1S/C21H19NO6S/c1-14-5-2-3-6-16(14)21(23)22-12-20(18-7-4-10-26-18)29(24,25)15-8-9-17-19(11-15)28-13-27-17/h2-11,20H,12-13H2,1H3,(H,22,23)/t20-/m1/s1. The lowest BCUT2D eigenvalue weighted by atomic mass is 10.1. The highest BCUT2D eigenvalue weighted by Crippen LogP contribution is 2.37. The molecule has 2 heterocycles. The van der Waals surface area contributed by atoms with Crippen molar-refractivity contribution >= 4 is 15.7 Å². The molecular weight excluding hydrogens is 394 g/mol. The first kappa shape index (κ1) is 19.1. The zero-order valence-corrected chi connectivity index (χ0v) is 16.4. The fourth-order valence-corrected chi connectivity index (χ4v) is 4.76. The van der Waals surface area contributed by atoms with Gasteiger partial charge in [-0.25, -0.2) is 8.42 Å². The van der Waals surface area contributed by atoms with Crippen LogP contribution in [0.25, 0.3) is 0 Å². The average molecular weight is 413 g/mol. The molecular formula is C21H19NO6S. The van der Waals surface area contributed by atoms with E-state index < -0.39 is 15.1 Å². The van der Waals surface area contributed by atoms with Gasteiger partial charge in [-0.1, -0.05) is 18.2 Å². The van der Waals surface area contributed by atoms with Crippen LogP contribution in [-0.2, 0) is 9.84 Å². The van der Waals surface area contributed by atoms with E-state index in [1.165, 1.54) is 18.4 Å². The first-order valence-corrected chi connectivity index (χ1v) is 10.5. The Hall–Kier alpha value is -3.26. The molecule has 0 radical (unpaired) electrons. The number of fused-ring (bicyclic) bond motifs is 1. The van der Waals surface area contributed by atoms with Gasteiger partial charge in [0.2, 0.25) is 6.79 Å². The third-order valence-corrected chi connectivity index (χ3v) is 6.80. The molecule has 1 amide bonds. The van der Waals surface area contributed by atoms with Gasteiger partial charge in [0.15, 0.2) is 21.3 Å². The summed E-state index contributed by atoms with van der Waals surface area (Å²) in [5.74, 6) is 0.757. The molecule has 150 valence electrons. The summed E-state index contributed by atoms with van der Waals surface area (Å²) in [7, 11) is -3.88. The summed E-state index contributed by atoms with van der Waals surface area (Å²) >= 11 is 0. The Bertz CT molecular complexity index is 1140. The smallest absolute Gasteiger partial charge is 0.251 e. The second kappa shape index (κ2) is 7.63. The first-order chi connectivity index (χ1) is 14.0. The molecule has 1 aliphatic heterocycles. The molecule has 0 aliphatic carbocycles. The second-order valence-electron chi connectivity index (χ2n) is 6.59. The van der Waals surface area contributed by atoms with E-state index in [1.54, 1.807) is 30.3 Å². The second-order valence-corrected chi connectivity index (χ2v) is 8.72. The Morgan fingerprint density at radius 1 is 1.07 bits per heavy atom. The van der Waals surface area contributed by atoms with E-state index in [-0.39, 0.29) is 29.9 Å². The zero-order valence-electron chi connectivity index (χ0n) is 15.6. The van der Waals surface area contributed by atoms with Crippen molar-refractivity contribution in [1.82, 2.24) is 5.32 Å². The number of nitrogens with one attached hydrogen (secondary N) is 1. The van der Waals surface area contributed by atoms with Gasteiger partial charge in [-0.15, -0.1) is 0 Å². The number of benzene rings is 2. The van der Waals surface area contributed by atoms with Crippen molar-refractivity contribution in [3.63, 3.8) is 0 Å². The van der Waals surface area contributed by atoms with E-state index in [1.807, 2.05) is 19.1 Å². The Kier molecular flexibility index (Phi) is 5.02. The number of furan rings is 1. The highest BCUT2D eigenvalue weighted by Gasteiger charge is 2.33. The number of hydrogen-bond acceptors (Lipinski definition) is 6. The molecule has 0 spiro atoms. The summed E-state index contributed by atoms with van der Waals surface area (Å²) in [6.45, 7) is 1.73. The summed E-state index contributed by atoms with van der Waals surface area (Å²) in [6, 6.07) is 14.7. The number of rotatable bonds is 6. The average Bonchev–Trinajstić information content (AvgIpc) is 3.39. The van der Waals surface area contributed by atoms with E-state index >= 15 is 0 Å². The van der Waals surface area contributed by atoms with E-state index in [0.29, 0.717) is 17.1 Å². The lowest BCUT2D eigenvalue weighted by Gasteiger charge is -2.17. The van der Waals surface area contributed by atoms with Crippen LogP contribution in [-0.4, -0.2) is 27.7 Å². The minimum atomic E-state index is -3.88. The highest BCUT2D eigenvalue weighted by molar-refractivity contribution is 7.91. The van der Waals surface area contributed by atoms with E-state index in [0.717, 1.165) is 5.56 Å². The van der Waals surface area contributed by atoms with Gasteiger partial charge >= 0.3 is 0 Å². The van der Waals surface area contributed by atoms with Crippen LogP contribution in [0.5, 0.6) is 11.5 Å². The van der Waals surface area contributed by atoms with Crippen LogP contribution in [0, 0.1) is 6.92 Å². The number of hydrogen-bond donors (Lipinski definition) is 1. The maximum atomic E-state index is 13.3. The summed E-state index contributed by atoms with van der Waals surface area (Å²) in [5, 5.41) is 1.63. The minimum Gasteiger partial charge on any atom is -0.468 e. The van der Waals surface area contributed by atoms with Crippen LogP contribution in [0.3, 0.4) is 0 Å². The molecule has 4 rings (SSSR count). The molecule has 2 aromatic carbocycles. The summed E-state index contributed by atoms with van der Waals surface area (Å²) in [5.41, 5.74) is 1.30. The van der Waals surface area contributed by atoms with Gasteiger partial charge in [-0.3, -0.25) is 4.79 Å². The van der Waals surface area contributed by atoms with Crippen molar-refractivity contribution in [3.8, 4) is 11.5 Å². The summed E-state index contributed by atoms with van der Waals surface area (Å²) < 4.78 is 42.6. The number of amides is 1. The molecule has 29 heavy (non-hydrogen) atoms. The fourth-order valence-electron chi connectivity index (χ4n) is 3.16. The SMILES string of the molecule is Cc1ccccc1C(=O)NC[C@H](c1ccco1)S(=O)(=O)c1ccc2c(c1)OCO2. The number of ether oxygens (including phenoxy) is 2. The molecule has 0 saturated carbocycles. The lowest BCUT2D eigenvalue weighted by molar-refractivity contribution is 0.0952. The minimum absolute atomic E-state index is 0.0485. The molecule has 7 nitrogen and oxygen atoms in total. The Balaban J connectivity index is 1.62. The molecule has 0 bridgehead atoms. The molecule has 1 aromatic heterocycles. The van der Waals surface area contributed by atoms with Crippen molar-refractivity contribution in [2.24, 2.45) is 0 Å². The van der Waals surface area contributed by atoms with Gasteiger partial charge in [-0.05, 0) is 42.8 Å². The molecule has 0 unspecified atom stereocenters. The molecule has 0 fully saturated rings. The summed E-state index contributed by atoms with van der Waals surface area (Å²) in [4.78, 5) is 12.6. The van der Waals surface area contributed by atoms with Crippen molar-refractivity contribution in [1.29, 1.82) is 0 Å². The van der Waals surface area contributed by atoms with Crippen molar-refractivity contribution in [2.75, 3.05) is 13.3 Å². The zero-order chi connectivity index (χ0) is 20.4. The number of aryl methyl sites for hydroxylation is 1. The largest absolute Gasteiger partial charge is 0.468 e. The van der Waals surface area contributed by atoms with E-state index in [2.05, 4.69) is 5.32 Å². The molecule has 1 N–H and O–H groups in total. The maximum absolute atomic E-state index is 13.3. The summed E-state index contributed by atoms with van der Waals surface area (Å²) in [6.07, 6.45) is 1.40. The quantitative estimate of drug-likeness (QED) is 0.667. The topological polar surface area (TPSA) is 94.8 Å². The number of sulfone groups is 1. The van der Waals surface area contributed by atoms with Crippen LogP contribution in [0.2, 0.25) is 0 Å². The number of carbonyl (C=O) groups is 1.